The molecule has 5 saturated heterocycles. The van der Waals surface area contributed by atoms with E-state index in [0.29, 0.717) is 12.3 Å². The van der Waals surface area contributed by atoms with Gasteiger partial charge in [0.05, 0.1) is 35.9 Å². The molecule has 8 rings (SSSR count). The van der Waals surface area contributed by atoms with E-state index < -0.39 is 41.9 Å². The molecule has 0 radical (unpaired) electrons. The van der Waals surface area contributed by atoms with Crippen molar-refractivity contribution >= 4 is 24.0 Å². The van der Waals surface area contributed by atoms with Crippen LogP contribution in [0.1, 0.15) is 86.1 Å². The van der Waals surface area contributed by atoms with Crippen molar-refractivity contribution in [2.75, 3.05) is 0 Å². The van der Waals surface area contributed by atoms with Crippen molar-refractivity contribution in [2.24, 2.45) is 23.7 Å². The van der Waals surface area contributed by atoms with Gasteiger partial charge in [0.1, 0.15) is 5.58 Å². The highest BCUT2D eigenvalue weighted by molar-refractivity contribution is 6.48. The Morgan fingerprint density at radius 1 is 1.00 bits per heavy atom. The molecule has 6 aliphatic rings. The SMILES string of the molecule is C[C@H]1[C@@H](CC(=O)NC(Cc2coc3ccccc23)B2OC(C)(C)C(C)(C)O2)O[C@@H]2O[C@@]3(C)CC[C@H]4[C@H](C)CC[C@@H]1[C@@]24OO3. The topological polar surface area (TPSA) is 97.6 Å². The molecule has 6 heterocycles. The van der Waals surface area contributed by atoms with Gasteiger partial charge in [0, 0.05) is 17.7 Å². The van der Waals surface area contributed by atoms with Crippen molar-refractivity contribution < 1.29 is 37.8 Å². The first kappa shape index (κ1) is 29.7. The molecule has 1 amide bonds. The van der Waals surface area contributed by atoms with Gasteiger partial charge in [-0.25, -0.2) is 9.78 Å². The number of hydrogen-bond donors (Lipinski definition) is 1. The maximum atomic E-state index is 13.9. The zero-order chi connectivity index (χ0) is 30.4. The summed E-state index contributed by atoms with van der Waals surface area (Å²) in [6.07, 6.45) is 5.42. The molecular formula is C33H46BNO8. The molecular weight excluding hydrogens is 549 g/mol. The van der Waals surface area contributed by atoms with Gasteiger partial charge in [0.2, 0.25) is 11.7 Å². The summed E-state index contributed by atoms with van der Waals surface area (Å²) >= 11 is 0. The Labute approximate surface area is 254 Å². The molecule has 43 heavy (non-hydrogen) atoms. The number of benzene rings is 1. The average Bonchev–Trinajstić information content (AvgIpc) is 3.34. The standard InChI is InChI=1S/C33H46BNO8/c1-19-12-13-24-20(2)26(38-29-33(24)23(19)14-15-32(7,39-29)42-43-33)17-28(36)35-27(34-40-30(3,4)31(5,6)41-34)16-21-18-37-25-11-9-8-10-22(21)25/h8-11,18-20,23-24,26-27,29H,12-17H2,1-7H3,(H,35,36)/t19-,20-,23+,24+,26-,27?,29-,32-,33-/m1/s1. The quantitative estimate of drug-likeness (QED) is 0.334. The predicted octanol–water partition coefficient (Wildman–Crippen LogP) is 5.73. The molecule has 234 valence electrons. The van der Waals surface area contributed by atoms with Crippen molar-refractivity contribution in [1.29, 1.82) is 0 Å². The zero-order valence-corrected chi connectivity index (χ0v) is 26.5. The summed E-state index contributed by atoms with van der Waals surface area (Å²) in [5.41, 5.74) is 0.102. The van der Waals surface area contributed by atoms with Gasteiger partial charge in [-0.05, 0) is 89.7 Å². The van der Waals surface area contributed by atoms with Crippen LogP contribution in [-0.4, -0.2) is 54.0 Å². The third kappa shape index (κ3) is 4.79. The third-order valence-corrected chi connectivity index (χ3v) is 11.6. The van der Waals surface area contributed by atoms with Gasteiger partial charge in [-0.15, -0.1) is 0 Å². The molecule has 2 bridgehead atoms. The summed E-state index contributed by atoms with van der Waals surface area (Å²) in [6, 6.07) is 7.93. The Kier molecular flexibility index (Phi) is 7.12. The maximum Gasteiger partial charge on any atom is 0.482 e. The van der Waals surface area contributed by atoms with Crippen molar-refractivity contribution in [3.8, 4) is 0 Å². The minimum absolute atomic E-state index is 0.0831. The fourth-order valence-corrected chi connectivity index (χ4v) is 8.36. The highest BCUT2D eigenvalue weighted by Gasteiger charge is 2.69. The third-order valence-electron chi connectivity index (χ3n) is 11.6. The van der Waals surface area contributed by atoms with E-state index in [1.807, 2.05) is 58.9 Å². The second-order valence-corrected chi connectivity index (χ2v) is 14.9. The minimum atomic E-state index is -0.847. The first-order valence-corrected chi connectivity index (χ1v) is 16.1. The summed E-state index contributed by atoms with van der Waals surface area (Å²) in [6.45, 7) is 14.5. The van der Waals surface area contributed by atoms with Crippen LogP contribution < -0.4 is 5.32 Å². The number of para-hydroxylation sites is 1. The monoisotopic (exact) mass is 595 g/mol. The molecule has 1 N–H and O–H groups in total. The summed E-state index contributed by atoms with van der Waals surface area (Å²) in [7, 11) is -0.623. The molecule has 1 aromatic carbocycles. The van der Waals surface area contributed by atoms with Crippen LogP contribution in [0.2, 0.25) is 0 Å². The molecule has 10 heteroatoms. The van der Waals surface area contributed by atoms with Crippen LogP contribution in [0, 0.1) is 23.7 Å². The number of rotatable bonds is 6. The van der Waals surface area contributed by atoms with Crippen molar-refractivity contribution in [2.45, 2.75) is 128 Å². The Balaban J connectivity index is 1.12. The largest absolute Gasteiger partial charge is 0.482 e. The van der Waals surface area contributed by atoms with Crippen molar-refractivity contribution in [3.63, 3.8) is 0 Å². The Morgan fingerprint density at radius 3 is 2.51 bits per heavy atom. The number of fused-ring (bicyclic) bond motifs is 3. The van der Waals surface area contributed by atoms with Gasteiger partial charge >= 0.3 is 7.12 Å². The summed E-state index contributed by atoms with van der Waals surface area (Å²) < 4.78 is 31.9. The Morgan fingerprint density at radius 2 is 1.74 bits per heavy atom. The summed E-state index contributed by atoms with van der Waals surface area (Å²) in [5.74, 6) is -0.357. The molecule has 1 saturated carbocycles. The number of amides is 1. The van der Waals surface area contributed by atoms with E-state index in [1.165, 1.54) is 0 Å². The lowest BCUT2D eigenvalue weighted by atomic mass is 9.57. The fraction of sp³-hybridized carbons (Fsp3) is 0.727. The number of ether oxygens (including phenoxy) is 2. The normalized spacial score (nSPS) is 40.2. The van der Waals surface area contributed by atoms with E-state index in [9.17, 15) is 4.79 Å². The van der Waals surface area contributed by atoms with Gasteiger partial charge in [-0.3, -0.25) is 4.79 Å². The molecule has 9 nitrogen and oxygen atoms in total. The molecule has 1 unspecified atom stereocenters. The molecule has 5 aliphatic heterocycles. The van der Waals surface area contributed by atoms with Crippen LogP contribution in [0.3, 0.4) is 0 Å². The predicted molar refractivity (Wildman–Crippen MR) is 159 cm³/mol. The number of carbonyl (C=O) groups excluding carboxylic acids is 1. The lowest BCUT2D eigenvalue weighted by Crippen LogP contribution is -2.70. The molecule has 6 fully saturated rings. The lowest BCUT2D eigenvalue weighted by Gasteiger charge is -2.60. The van der Waals surface area contributed by atoms with Crippen molar-refractivity contribution in [3.05, 3.63) is 36.1 Å². The van der Waals surface area contributed by atoms with Gasteiger partial charge in [0.25, 0.3) is 0 Å². The minimum Gasteiger partial charge on any atom is -0.464 e. The van der Waals surface area contributed by atoms with Gasteiger partial charge in [0.15, 0.2) is 11.9 Å². The number of nitrogens with one attached hydrogen (secondary N) is 1. The van der Waals surface area contributed by atoms with E-state index in [4.69, 9.17) is 33.0 Å². The second kappa shape index (κ2) is 10.3. The molecule has 1 aliphatic carbocycles. The highest BCUT2D eigenvalue weighted by atomic mass is 17.3. The molecule has 2 aromatic rings. The first-order valence-electron chi connectivity index (χ1n) is 16.1. The number of furan rings is 1. The van der Waals surface area contributed by atoms with Crippen LogP contribution in [-0.2, 0) is 39.8 Å². The summed E-state index contributed by atoms with van der Waals surface area (Å²) in [5, 5.41) is 4.30. The molecule has 1 spiro atoms. The zero-order valence-electron chi connectivity index (χ0n) is 26.5. The van der Waals surface area contributed by atoms with E-state index in [0.717, 1.165) is 42.2 Å². The van der Waals surface area contributed by atoms with Gasteiger partial charge < -0.3 is 28.5 Å². The fourth-order valence-electron chi connectivity index (χ4n) is 8.36. The van der Waals surface area contributed by atoms with E-state index >= 15 is 0 Å². The Hall–Kier alpha value is -1.95. The maximum absolute atomic E-state index is 13.9. The van der Waals surface area contributed by atoms with E-state index in [-0.39, 0.29) is 36.2 Å². The first-order chi connectivity index (χ1) is 20.3. The highest BCUT2D eigenvalue weighted by Crippen LogP contribution is 2.60. The van der Waals surface area contributed by atoms with Crippen LogP contribution in [0.4, 0.5) is 0 Å². The Bertz CT molecular complexity index is 1360. The number of hydrogen-bond acceptors (Lipinski definition) is 8. The molecule has 1 aromatic heterocycles. The van der Waals surface area contributed by atoms with Gasteiger partial charge in [-0.1, -0.05) is 32.0 Å². The number of carbonyl (C=O) groups is 1. The van der Waals surface area contributed by atoms with E-state index in [2.05, 4.69) is 19.2 Å². The summed E-state index contributed by atoms with van der Waals surface area (Å²) in [4.78, 5) is 26.1. The second-order valence-electron chi connectivity index (χ2n) is 14.9. The van der Waals surface area contributed by atoms with Crippen LogP contribution >= 0.6 is 0 Å². The van der Waals surface area contributed by atoms with Crippen LogP contribution in [0.15, 0.2) is 34.9 Å². The van der Waals surface area contributed by atoms with E-state index in [1.54, 1.807) is 6.26 Å². The lowest BCUT2D eigenvalue weighted by molar-refractivity contribution is -0.570. The smallest absolute Gasteiger partial charge is 0.464 e. The molecule has 9 atom stereocenters. The van der Waals surface area contributed by atoms with Crippen molar-refractivity contribution in [1.82, 2.24) is 5.32 Å². The van der Waals surface area contributed by atoms with Crippen LogP contribution in [0.25, 0.3) is 11.0 Å². The van der Waals surface area contributed by atoms with Gasteiger partial charge in [-0.2, -0.15) is 0 Å². The van der Waals surface area contributed by atoms with Crippen LogP contribution in [0.5, 0.6) is 0 Å². The average molecular weight is 596 g/mol.